The van der Waals surface area contributed by atoms with Crippen LogP contribution in [-0.4, -0.2) is 15.5 Å². The van der Waals surface area contributed by atoms with Crippen molar-refractivity contribution in [1.82, 2.24) is 0 Å². The van der Waals surface area contributed by atoms with Gasteiger partial charge in [-0.25, -0.2) is 8.42 Å². The summed E-state index contributed by atoms with van der Waals surface area (Å²) in [6.45, 7) is 3.82. The van der Waals surface area contributed by atoms with E-state index in [-0.39, 0.29) is 22.8 Å². The maximum atomic E-state index is 13.3. The molecule has 0 saturated carbocycles. The molecule has 0 aromatic heterocycles. The molecule has 0 saturated heterocycles. The minimum absolute atomic E-state index is 0.0511. The van der Waals surface area contributed by atoms with E-state index >= 15 is 0 Å². The van der Waals surface area contributed by atoms with Gasteiger partial charge >= 0.3 is 0 Å². The largest absolute Gasteiger partial charge is 0.496 e. The van der Waals surface area contributed by atoms with Crippen molar-refractivity contribution in [2.24, 2.45) is 5.92 Å². The average Bonchev–Trinajstić information content (AvgIpc) is 3.31. The summed E-state index contributed by atoms with van der Waals surface area (Å²) in [5, 5.41) is 3.68. The summed E-state index contributed by atoms with van der Waals surface area (Å²) in [6, 6.07) is 17.2. The van der Waals surface area contributed by atoms with Gasteiger partial charge in [-0.2, -0.15) is 0 Å². The lowest BCUT2D eigenvalue weighted by atomic mass is 9.77. The molecule has 5 rings (SSSR count). The summed E-state index contributed by atoms with van der Waals surface area (Å²) in [4.78, 5) is 0.272. The maximum absolute atomic E-state index is 13.3. The van der Waals surface area contributed by atoms with Crippen LogP contribution in [0.1, 0.15) is 40.6 Å². The zero-order chi connectivity index (χ0) is 24.0. The van der Waals surface area contributed by atoms with Gasteiger partial charge < -0.3 is 10.1 Å². The molecule has 0 fully saturated rings. The van der Waals surface area contributed by atoms with Gasteiger partial charge in [0.05, 0.1) is 23.7 Å². The van der Waals surface area contributed by atoms with E-state index in [9.17, 15) is 8.42 Å². The molecule has 7 heteroatoms. The van der Waals surface area contributed by atoms with E-state index in [1.807, 2.05) is 56.3 Å². The summed E-state index contributed by atoms with van der Waals surface area (Å²) < 4.78 is 36.1. The Kier molecular flexibility index (Phi) is 5.94. The monoisotopic (exact) mass is 538 g/mol. The second-order valence-corrected chi connectivity index (χ2v) is 11.6. The molecule has 2 N–H and O–H groups in total. The fraction of sp³-hybridized carbons (Fsp3) is 0.259. The van der Waals surface area contributed by atoms with Gasteiger partial charge in [-0.3, -0.25) is 4.72 Å². The third kappa shape index (κ3) is 4.01. The number of allylic oxidation sites excluding steroid dienone is 2. The Hall–Kier alpha value is -2.77. The molecule has 3 aromatic carbocycles. The highest BCUT2D eigenvalue weighted by Crippen LogP contribution is 2.51. The molecule has 0 radical (unpaired) electrons. The molecule has 176 valence electrons. The summed E-state index contributed by atoms with van der Waals surface area (Å²) in [5.74, 6) is 1.23. The number of rotatable bonds is 5. The number of sulfonamides is 1. The first-order valence-electron chi connectivity index (χ1n) is 11.3. The first-order valence-corrected chi connectivity index (χ1v) is 13.6. The van der Waals surface area contributed by atoms with Crippen molar-refractivity contribution in [3.63, 3.8) is 0 Å². The van der Waals surface area contributed by atoms with Crippen LogP contribution in [-0.2, 0) is 10.0 Å². The number of para-hydroxylation sites is 1. The molecule has 3 atom stereocenters. The van der Waals surface area contributed by atoms with Crippen LogP contribution in [0.25, 0.3) is 0 Å². The number of anilines is 2. The number of methoxy groups -OCH3 is 1. The molecule has 34 heavy (non-hydrogen) atoms. The Bertz CT molecular complexity index is 1380. The summed E-state index contributed by atoms with van der Waals surface area (Å²) in [7, 11) is -2.04. The molecule has 1 heterocycles. The molecular weight excluding hydrogens is 512 g/mol. The topological polar surface area (TPSA) is 67.4 Å². The number of aryl methyl sites for hydroxylation is 2. The van der Waals surface area contributed by atoms with Gasteiger partial charge in [-0.1, -0.05) is 46.3 Å². The highest BCUT2D eigenvalue weighted by Gasteiger charge is 2.39. The Morgan fingerprint density at radius 3 is 2.53 bits per heavy atom. The lowest BCUT2D eigenvalue weighted by molar-refractivity contribution is 0.381. The third-order valence-electron chi connectivity index (χ3n) is 6.89. The smallest absolute Gasteiger partial charge is 0.261 e. The highest BCUT2D eigenvalue weighted by molar-refractivity contribution is 9.10. The fourth-order valence-corrected chi connectivity index (χ4v) is 6.78. The predicted molar refractivity (Wildman–Crippen MR) is 140 cm³/mol. The number of ether oxygens (including phenoxy) is 1. The third-order valence-corrected chi connectivity index (χ3v) is 8.73. The first kappa shape index (κ1) is 23.0. The van der Waals surface area contributed by atoms with Crippen molar-refractivity contribution in [3.8, 4) is 5.75 Å². The normalized spacial score (nSPS) is 20.9. The van der Waals surface area contributed by atoms with Crippen molar-refractivity contribution in [2.45, 2.75) is 37.1 Å². The maximum Gasteiger partial charge on any atom is 0.261 e. The molecule has 5 nitrogen and oxygen atoms in total. The molecule has 0 amide bonds. The van der Waals surface area contributed by atoms with E-state index in [1.165, 1.54) is 0 Å². The van der Waals surface area contributed by atoms with Crippen LogP contribution in [0.15, 0.2) is 76.1 Å². The van der Waals surface area contributed by atoms with Crippen LogP contribution in [0.4, 0.5) is 11.4 Å². The number of hydrogen-bond acceptors (Lipinski definition) is 4. The predicted octanol–water partition coefficient (Wildman–Crippen LogP) is 6.70. The number of nitrogens with one attached hydrogen (secondary N) is 2. The van der Waals surface area contributed by atoms with Crippen LogP contribution in [0, 0.1) is 19.8 Å². The van der Waals surface area contributed by atoms with E-state index in [0.717, 1.165) is 44.6 Å². The lowest BCUT2D eigenvalue weighted by Gasteiger charge is -2.38. The van der Waals surface area contributed by atoms with E-state index < -0.39 is 10.0 Å². The van der Waals surface area contributed by atoms with E-state index in [1.54, 1.807) is 13.2 Å². The number of benzene rings is 3. The van der Waals surface area contributed by atoms with Crippen molar-refractivity contribution in [2.75, 3.05) is 17.1 Å². The van der Waals surface area contributed by atoms with Crippen LogP contribution < -0.4 is 14.8 Å². The minimum atomic E-state index is -3.73. The number of fused-ring (bicyclic) bond motifs is 3. The standard InChI is InChI=1S/C27H27BrN2O3S/c1-16-6-4-7-17(2)26(16)30-34(31,32)19-11-12-24-22(15-19)20-8-5-9-21(20)27(29-24)23-14-18(28)10-13-25(23)33-3/h4-8,10-15,20-21,27,29-30H,9H2,1-3H3/t20-,21+,27-/m0/s1. The fourth-order valence-electron chi connectivity index (χ4n) is 5.16. The quantitative estimate of drug-likeness (QED) is 0.354. The van der Waals surface area contributed by atoms with Crippen LogP contribution >= 0.6 is 15.9 Å². The second-order valence-electron chi connectivity index (χ2n) is 8.98. The van der Waals surface area contributed by atoms with E-state index in [2.05, 4.69) is 44.2 Å². The van der Waals surface area contributed by atoms with Gasteiger partial charge in [0.15, 0.2) is 0 Å². The number of halogens is 1. The zero-order valence-corrected chi connectivity index (χ0v) is 21.7. The first-order chi connectivity index (χ1) is 16.3. The molecule has 2 aliphatic rings. The Balaban J connectivity index is 1.53. The van der Waals surface area contributed by atoms with Gasteiger partial charge in [-0.15, -0.1) is 0 Å². The minimum Gasteiger partial charge on any atom is -0.496 e. The molecule has 0 spiro atoms. The van der Waals surface area contributed by atoms with Gasteiger partial charge in [0.25, 0.3) is 10.0 Å². The molecule has 1 aliphatic carbocycles. The Morgan fingerprint density at radius 1 is 1.03 bits per heavy atom. The lowest BCUT2D eigenvalue weighted by Crippen LogP contribution is -2.29. The van der Waals surface area contributed by atoms with Gasteiger partial charge in [0.1, 0.15) is 5.75 Å². The molecular formula is C27H27BrN2O3S. The second kappa shape index (κ2) is 8.78. The number of hydrogen-bond donors (Lipinski definition) is 2. The van der Waals surface area contributed by atoms with E-state index in [4.69, 9.17) is 4.74 Å². The van der Waals surface area contributed by atoms with E-state index in [0.29, 0.717) is 5.69 Å². The summed E-state index contributed by atoms with van der Waals surface area (Å²) in [6.07, 6.45) is 5.31. The van der Waals surface area contributed by atoms with Crippen molar-refractivity contribution >= 4 is 37.3 Å². The Labute approximate surface area is 209 Å². The van der Waals surface area contributed by atoms with Gasteiger partial charge in [-0.05, 0) is 79.3 Å². The summed E-state index contributed by atoms with van der Waals surface area (Å²) >= 11 is 3.59. The van der Waals surface area contributed by atoms with Crippen LogP contribution in [0.2, 0.25) is 0 Å². The van der Waals surface area contributed by atoms with Crippen molar-refractivity contribution < 1.29 is 13.2 Å². The molecule has 3 aromatic rings. The molecule has 1 aliphatic heterocycles. The van der Waals surface area contributed by atoms with Crippen LogP contribution in [0.5, 0.6) is 5.75 Å². The van der Waals surface area contributed by atoms with Gasteiger partial charge in [0.2, 0.25) is 0 Å². The molecule has 0 bridgehead atoms. The Morgan fingerprint density at radius 2 is 1.79 bits per heavy atom. The van der Waals surface area contributed by atoms with Crippen molar-refractivity contribution in [1.29, 1.82) is 0 Å². The van der Waals surface area contributed by atoms with Crippen LogP contribution in [0.3, 0.4) is 0 Å². The zero-order valence-electron chi connectivity index (χ0n) is 19.3. The van der Waals surface area contributed by atoms with Gasteiger partial charge in [0, 0.05) is 21.6 Å². The summed E-state index contributed by atoms with van der Waals surface area (Å²) in [5.41, 5.74) is 5.48. The highest BCUT2D eigenvalue weighted by atomic mass is 79.9. The average molecular weight is 539 g/mol. The van der Waals surface area contributed by atoms with Crippen molar-refractivity contribution in [3.05, 3.63) is 93.5 Å². The SMILES string of the molecule is COc1ccc(Br)cc1[C@H]1Nc2ccc(S(=O)(=O)Nc3c(C)cccc3C)cc2[C@H]2C=CC[C@H]21. The molecule has 0 unspecified atom stereocenters.